The number of likely N-dealkylation sites (N-methyl/N-ethyl adjacent to an activating group) is 1. The highest BCUT2D eigenvalue weighted by Crippen LogP contribution is 2.31. The first-order chi connectivity index (χ1) is 18.3. The number of hydroxylamine groups is 2. The number of anilines is 1. The zero-order valence-electron chi connectivity index (χ0n) is 22.1. The fourth-order valence-corrected chi connectivity index (χ4v) is 4.28. The van der Waals surface area contributed by atoms with E-state index >= 15 is 0 Å². The molecular formula is C27H34F2N6O3. The minimum atomic E-state index is -0.968. The zero-order valence-corrected chi connectivity index (χ0v) is 22.1. The molecule has 2 N–H and O–H groups in total. The third-order valence-corrected chi connectivity index (χ3v) is 6.27. The van der Waals surface area contributed by atoms with E-state index in [9.17, 15) is 13.6 Å². The smallest absolute Gasteiger partial charge is 0.320 e. The maximum Gasteiger partial charge on any atom is 0.320 e. The number of para-hydroxylation sites is 1. The van der Waals surface area contributed by atoms with Gasteiger partial charge in [0.15, 0.2) is 11.6 Å². The molecule has 2 heterocycles. The van der Waals surface area contributed by atoms with Gasteiger partial charge in [-0.05, 0) is 57.3 Å². The van der Waals surface area contributed by atoms with E-state index in [-0.39, 0.29) is 0 Å². The number of benzene rings is 2. The molecular weight excluding hydrogens is 494 g/mol. The van der Waals surface area contributed by atoms with E-state index in [1.165, 1.54) is 6.07 Å². The summed E-state index contributed by atoms with van der Waals surface area (Å²) in [5.41, 5.74) is 1.88. The lowest BCUT2D eigenvalue weighted by Gasteiger charge is -2.19. The number of hydrogen-bond donors (Lipinski definition) is 2. The van der Waals surface area contributed by atoms with Crippen LogP contribution < -0.4 is 15.4 Å². The molecule has 0 spiro atoms. The monoisotopic (exact) mass is 528 g/mol. The Hall–Kier alpha value is -3.54. The summed E-state index contributed by atoms with van der Waals surface area (Å²) < 4.78 is 35.0. The highest BCUT2D eigenvalue weighted by Gasteiger charge is 2.36. The second-order valence-electron chi connectivity index (χ2n) is 9.42. The van der Waals surface area contributed by atoms with Crippen LogP contribution in [0.25, 0.3) is 5.69 Å². The van der Waals surface area contributed by atoms with Crippen LogP contribution in [0.3, 0.4) is 0 Å². The number of hydrogen-bond acceptors (Lipinski definition) is 6. The van der Waals surface area contributed by atoms with E-state index in [0.29, 0.717) is 42.5 Å². The summed E-state index contributed by atoms with van der Waals surface area (Å²) in [6.07, 6.45) is 0.154. The maximum absolute atomic E-state index is 13.9. The highest BCUT2D eigenvalue weighted by molar-refractivity contribution is 5.90. The molecule has 9 nitrogen and oxygen atoms in total. The Morgan fingerprint density at radius 2 is 1.95 bits per heavy atom. The van der Waals surface area contributed by atoms with E-state index in [1.54, 1.807) is 9.75 Å². The number of amides is 2. The summed E-state index contributed by atoms with van der Waals surface area (Å²) in [4.78, 5) is 21.2. The molecule has 11 heteroatoms. The average Bonchev–Trinajstić information content (AvgIpc) is 3.44. The van der Waals surface area contributed by atoms with Crippen molar-refractivity contribution in [2.24, 2.45) is 0 Å². The Balaban J connectivity index is 1.53. The van der Waals surface area contributed by atoms with Crippen LogP contribution in [0.15, 0.2) is 48.5 Å². The second-order valence-corrected chi connectivity index (χ2v) is 9.42. The molecule has 0 unspecified atom stereocenters. The van der Waals surface area contributed by atoms with Gasteiger partial charge in [-0.2, -0.15) is 5.06 Å². The fourth-order valence-electron chi connectivity index (χ4n) is 4.28. The molecule has 0 aliphatic carbocycles. The van der Waals surface area contributed by atoms with Gasteiger partial charge in [0.2, 0.25) is 5.88 Å². The van der Waals surface area contributed by atoms with Crippen LogP contribution in [0.2, 0.25) is 0 Å². The van der Waals surface area contributed by atoms with Gasteiger partial charge in [-0.25, -0.2) is 18.3 Å². The molecule has 4 rings (SSSR count). The number of nitrogens with one attached hydrogen (secondary N) is 2. The van der Waals surface area contributed by atoms with Crippen molar-refractivity contribution in [2.75, 3.05) is 45.7 Å². The Labute approximate surface area is 221 Å². The largest absolute Gasteiger partial charge is 0.476 e. The predicted molar refractivity (Wildman–Crippen MR) is 140 cm³/mol. The van der Waals surface area contributed by atoms with Crippen molar-refractivity contribution >= 4 is 11.8 Å². The van der Waals surface area contributed by atoms with Gasteiger partial charge in [0.1, 0.15) is 11.9 Å². The third-order valence-electron chi connectivity index (χ3n) is 6.27. The Morgan fingerprint density at radius 1 is 1.18 bits per heavy atom. The molecule has 1 aromatic heterocycles. The van der Waals surface area contributed by atoms with Gasteiger partial charge in [-0.3, -0.25) is 10.2 Å². The Morgan fingerprint density at radius 3 is 2.63 bits per heavy atom. The van der Waals surface area contributed by atoms with Gasteiger partial charge in [0, 0.05) is 19.6 Å². The van der Waals surface area contributed by atoms with Gasteiger partial charge < -0.3 is 15.0 Å². The molecule has 1 fully saturated rings. The molecule has 1 aliphatic rings. The van der Waals surface area contributed by atoms with Crippen molar-refractivity contribution in [1.82, 2.24) is 25.1 Å². The minimum absolute atomic E-state index is 0.380. The molecule has 0 bridgehead atoms. The number of ether oxygens (including phenoxy) is 1. The first-order valence-electron chi connectivity index (χ1n) is 12.6. The van der Waals surface area contributed by atoms with Crippen LogP contribution in [-0.2, 0) is 4.84 Å². The molecule has 0 saturated carbocycles. The van der Waals surface area contributed by atoms with Crippen LogP contribution >= 0.6 is 0 Å². The molecule has 2 aromatic carbocycles. The van der Waals surface area contributed by atoms with E-state index < -0.39 is 29.8 Å². The Kier molecular flexibility index (Phi) is 8.93. The number of carbonyl (C=O) groups is 1. The van der Waals surface area contributed by atoms with Crippen molar-refractivity contribution in [2.45, 2.75) is 32.4 Å². The van der Waals surface area contributed by atoms with Crippen LogP contribution in [0.1, 0.15) is 30.6 Å². The van der Waals surface area contributed by atoms with E-state index in [4.69, 9.17) is 9.57 Å². The summed E-state index contributed by atoms with van der Waals surface area (Å²) in [5, 5.41) is 12.1. The highest BCUT2D eigenvalue weighted by atomic mass is 19.2. The summed E-state index contributed by atoms with van der Waals surface area (Å²) in [6, 6.07) is 12.1. The summed E-state index contributed by atoms with van der Waals surface area (Å²) in [6.45, 7) is 6.05. The van der Waals surface area contributed by atoms with Gasteiger partial charge in [0.05, 0.1) is 23.9 Å². The first kappa shape index (κ1) is 27.5. The lowest BCUT2D eigenvalue weighted by molar-refractivity contribution is -0.144. The number of rotatable bonds is 10. The average molecular weight is 529 g/mol. The number of halogens is 2. The third kappa shape index (κ3) is 6.47. The SMILES string of the molecule is CCN1C[C@@H](NC(=O)Nc2c(C)c(OCCCN(C)C)nn2-c2ccccc2)[C@H](c2ccc(F)c(F)c2)O1. The van der Waals surface area contributed by atoms with Gasteiger partial charge in [-0.1, -0.05) is 31.2 Å². The molecule has 3 aromatic rings. The lowest BCUT2D eigenvalue weighted by Crippen LogP contribution is -2.42. The van der Waals surface area contributed by atoms with Crippen LogP contribution in [0.5, 0.6) is 5.88 Å². The number of aromatic nitrogens is 2. The zero-order chi connectivity index (χ0) is 27.2. The summed E-state index contributed by atoms with van der Waals surface area (Å²) >= 11 is 0. The molecule has 2 amide bonds. The van der Waals surface area contributed by atoms with Gasteiger partial charge in [-0.15, -0.1) is 5.10 Å². The fraction of sp³-hybridized carbons (Fsp3) is 0.407. The topological polar surface area (TPSA) is 83.9 Å². The standard InChI is InChI=1S/C27H34F2N6O3/c1-5-34-17-23(24(38-34)19-12-13-21(28)22(29)16-19)30-27(36)31-25-18(2)26(37-15-9-14-33(3)4)32-35(25)20-10-7-6-8-11-20/h6-8,10-13,16,23-24H,5,9,14-15,17H2,1-4H3,(H2,30,31,36)/t23-,24+/m1/s1. The molecule has 1 aliphatic heterocycles. The molecule has 2 atom stereocenters. The van der Waals surface area contributed by atoms with Crippen molar-refractivity contribution in [1.29, 1.82) is 0 Å². The number of nitrogens with zero attached hydrogens (tertiary/aromatic N) is 4. The van der Waals surface area contributed by atoms with Crippen LogP contribution in [0, 0.1) is 18.6 Å². The van der Waals surface area contributed by atoms with Crippen molar-refractivity contribution in [3.8, 4) is 11.6 Å². The van der Waals surface area contributed by atoms with Crippen LogP contribution in [-0.4, -0.2) is 72.2 Å². The number of urea groups is 1. The maximum atomic E-state index is 13.9. The molecule has 38 heavy (non-hydrogen) atoms. The lowest BCUT2D eigenvalue weighted by atomic mass is 10.0. The summed E-state index contributed by atoms with van der Waals surface area (Å²) in [7, 11) is 4.00. The van der Waals surface area contributed by atoms with E-state index in [2.05, 4.69) is 20.6 Å². The Bertz CT molecular complexity index is 1240. The predicted octanol–water partition coefficient (Wildman–Crippen LogP) is 4.29. The first-order valence-corrected chi connectivity index (χ1v) is 12.6. The van der Waals surface area contributed by atoms with Crippen LogP contribution in [0.4, 0.5) is 19.4 Å². The number of carbonyl (C=O) groups excluding carboxylic acids is 1. The van der Waals surface area contributed by atoms with Crippen molar-refractivity contribution in [3.05, 3.63) is 71.3 Å². The van der Waals surface area contributed by atoms with E-state index in [0.717, 1.165) is 30.8 Å². The minimum Gasteiger partial charge on any atom is -0.476 e. The normalized spacial score (nSPS) is 17.7. The quantitative estimate of drug-likeness (QED) is 0.382. The molecule has 204 valence electrons. The van der Waals surface area contributed by atoms with Crippen molar-refractivity contribution < 1.29 is 23.1 Å². The van der Waals surface area contributed by atoms with Crippen molar-refractivity contribution in [3.63, 3.8) is 0 Å². The van der Waals surface area contributed by atoms with Gasteiger partial charge >= 0.3 is 6.03 Å². The summed E-state index contributed by atoms with van der Waals surface area (Å²) in [5.74, 6) is -1.01. The second kappa shape index (κ2) is 12.3. The van der Waals surface area contributed by atoms with E-state index in [1.807, 2.05) is 58.3 Å². The van der Waals surface area contributed by atoms with Gasteiger partial charge in [0.25, 0.3) is 0 Å². The molecule has 0 radical (unpaired) electrons. The molecule has 1 saturated heterocycles.